The lowest BCUT2D eigenvalue weighted by atomic mass is 10.1. The van der Waals surface area contributed by atoms with E-state index in [1.807, 2.05) is 12.4 Å². The van der Waals surface area contributed by atoms with Crippen molar-refractivity contribution in [3.8, 4) is 0 Å². The van der Waals surface area contributed by atoms with Crippen LogP contribution in [0.2, 0.25) is 0 Å². The molecule has 5 heteroatoms. The van der Waals surface area contributed by atoms with Crippen LogP contribution < -0.4 is 10.2 Å². The van der Waals surface area contributed by atoms with Crippen LogP contribution in [0.25, 0.3) is 0 Å². The molecule has 5 nitrogen and oxygen atoms in total. The van der Waals surface area contributed by atoms with Crippen molar-refractivity contribution in [2.75, 3.05) is 18.1 Å². The highest BCUT2D eigenvalue weighted by atomic mass is 16.5. The van der Waals surface area contributed by atoms with E-state index in [1.165, 1.54) is 19.3 Å². The molecule has 2 aliphatic rings. The summed E-state index contributed by atoms with van der Waals surface area (Å²) < 4.78 is 5.85. The van der Waals surface area contributed by atoms with Crippen molar-refractivity contribution in [3.63, 3.8) is 0 Å². The van der Waals surface area contributed by atoms with Gasteiger partial charge >= 0.3 is 0 Å². The number of anilines is 1. The molecule has 1 saturated carbocycles. The summed E-state index contributed by atoms with van der Waals surface area (Å²) in [5, 5.41) is 3.46. The molecule has 3 rings (SSSR count). The fourth-order valence-electron chi connectivity index (χ4n) is 3.13. The Balaban J connectivity index is 1.66. The van der Waals surface area contributed by atoms with Gasteiger partial charge in [-0.3, -0.25) is 0 Å². The van der Waals surface area contributed by atoms with Crippen LogP contribution in [0, 0.1) is 0 Å². The first-order chi connectivity index (χ1) is 10.0. The molecule has 0 amide bonds. The second kappa shape index (κ2) is 5.89. The minimum atomic E-state index is 0.111. The number of morpholine rings is 1. The van der Waals surface area contributed by atoms with Gasteiger partial charge in [-0.1, -0.05) is 0 Å². The van der Waals surface area contributed by atoms with Gasteiger partial charge in [0.25, 0.3) is 0 Å². The number of hydrogen-bond acceptors (Lipinski definition) is 5. The molecule has 116 valence electrons. The third-order valence-corrected chi connectivity index (χ3v) is 4.25. The zero-order valence-electron chi connectivity index (χ0n) is 13.3. The third kappa shape index (κ3) is 3.52. The summed E-state index contributed by atoms with van der Waals surface area (Å²) in [5.74, 6) is 0.856. The van der Waals surface area contributed by atoms with Gasteiger partial charge < -0.3 is 15.0 Å². The van der Waals surface area contributed by atoms with E-state index in [2.05, 4.69) is 41.0 Å². The highest BCUT2D eigenvalue weighted by Gasteiger charge is 2.37. The van der Waals surface area contributed by atoms with Gasteiger partial charge in [0.05, 0.1) is 18.8 Å². The molecule has 0 radical (unpaired) electrons. The molecule has 2 unspecified atom stereocenters. The minimum absolute atomic E-state index is 0.111. The maximum Gasteiger partial charge on any atom is 0.225 e. The Kier molecular flexibility index (Phi) is 4.13. The predicted molar refractivity (Wildman–Crippen MR) is 83.3 cm³/mol. The van der Waals surface area contributed by atoms with E-state index >= 15 is 0 Å². The van der Waals surface area contributed by atoms with Crippen molar-refractivity contribution in [3.05, 3.63) is 18.0 Å². The first-order valence-corrected chi connectivity index (χ1v) is 7.97. The number of hydrogen-bond donors (Lipinski definition) is 1. The van der Waals surface area contributed by atoms with Gasteiger partial charge in [-0.05, 0) is 40.0 Å². The fraction of sp³-hybridized carbons (Fsp3) is 0.750. The lowest BCUT2D eigenvalue weighted by Gasteiger charge is -2.37. The van der Waals surface area contributed by atoms with Crippen molar-refractivity contribution < 1.29 is 4.74 Å². The molecule has 1 aliphatic heterocycles. The van der Waals surface area contributed by atoms with E-state index in [-0.39, 0.29) is 5.54 Å². The van der Waals surface area contributed by atoms with Crippen LogP contribution in [0.3, 0.4) is 0 Å². The maximum atomic E-state index is 5.85. The molecule has 2 heterocycles. The van der Waals surface area contributed by atoms with Gasteiger partial charge in [0.1, 0.15) is 0 Å². The Morgan fingerprint density at radius 3 is 2.76 bits per heavy atom. The second-order valence-corrected chi connectivity index (χ2v) is 7.10. The summed E-state index contributed by atoms with van der Waals surface area (Å²) in [7, 11) is 0. The molecular weight excluding hydrogens is 264 g/mol. The fourth-order valence-corrected chi connectivity index (χ4v) is 3.13. The Labute approximate surface area is 127 Å². The molecule has 1 aromatic heterocycles. The van der Waals surface area contributed by atoms with Crippen LogP contribution >= 0.6 is 0 Å². The van der Waals surface area contributed by atoms with Gasteiger partial charge in [-0.15, -0.1) is 0 Å². The molecule has 0 aromatic carbocycles. The van der Waals surface area contributed by atoms with Crippen molar-refractivity contribution >= 4 is 5.95 Å². The summed E-state index contributed by atoms with van der Waals surface area (Å²) in [6.45, 7) is 8.99. The molecule has 0 spiro atoms. The van der Waals surface area contributed by atoms with Crippen molar-refractivity contribution in [2.45, 2.75) is 64.3 Å². The molecule has 1 aromatic rings. The van der Waals surface area contributed by atoms with E-state index in [4.69, 9.17) is 4.74 Å². The van der Waals surface area contributed by atoms with E-state index in [0.717, 1.165) is 31.2 Å². The largest absolute Gasteiger partial charge is 0.374 e. The summed E-state index contributed by atoms with van der Waals surface area (Å²) >= 11 is 0. The quantitative estimate of drug-likeness (QED) is 0.924. The second-order valence-electron chi connectivity index (χ2n) is 7.10. The van der Waals surface area contributed by atoms with Crippen molar-refractivity contribution in [1.29, 1.82) is 0 Å². The first-order valence-electron chi connectivity index (χ1n) is 7.97. The van der Waals surface area contributed by atoms with Crippen molar-refractivity contribution in [2.24, 2.45) is 0 Å². The smallest absolute Gasteiger partial charge is 0.225 e. The number of aromatic nitrogens is 2. The molecule has 21 heavy (non-hydrogen) atoms. The highest BCUT2D eigenvalue weighted by Crippen LogP contribution is 2.31. The minimum Gasteiger partial charge on any atom is -0.374 e. The summed E-state index contributed by atoms with van der Waals surface area (Å²) in [6, 6.07) is 0.470. The number of nitrogens with zero attached hydrogens (tertiary/aromatic N) is 3. The summed E-state index contributed by atoms with van der Waals surface area (Å²) in [6.07, 6.45) is 7.89. The maximum absolute atomic E-state index is 5.85. The van der Waals surface area contributed by atoms with E-state index < -0.39 is 0 Å². The number of ether oxygens (including phenoxy) is 1. The number of nitrogens with one attached hydrogen (secondary N) is 1. The van der Waals surface area contributed by atoms with Crippen LogP contribution in [0.4, 0.5) is 5.95 Å². The molecule has 2 fully saturated rings. The van der Waals surface area contributed by atoms with Gasteiger partial charge in [0, 0.05) is 36.6 Å². The van der Waals surface area contributed by atoms with Crippen LogP contribution in [0.1, 0.15) is 45.6 Å². The number of fused-ring (bicyclic) bond motifs is 1. The Morgan fingerprint density at radius 2 is 2.05 bits per heavy atom. The molecule has 1 N–H and O–H groups in total. The van der Waals surface area contributed by atoms with Crippen LogP contribution in [-0.2, 0) is 11.3 Å². The Bertz CT molecular complexity index is 468. The Hall–Kier alpha value is -1.20. The Morgan fingerprint density at radius 1 is 1.29 bits per heavy atom. The molecule has 1 aliphatic carbocycles. The van der Waals surface area contributed by atoms with Crippen LogP contribution in [0.15, 0.2) is 12.4 Å². The standard InChI is InChI=1S/C16H26N4O/c1-16(2,3)19-11-12-9-17-15(18-10-12)20-7-8-21-14-6-4-5-13(14)20/h9-10,13-14,19H,4-8,11H2,1-3H3. The molecule has 1 saturated heterocycles. The summed E-state index contributed by atoms with van der Waals surface area (Å²) in [5.41, 5.74) is 1.24. The van der Waals surface area contributed by atoms with Crippen molar-refractivity contribution in [1.82, 2.24) is 15.3 Å². The SMILES string of the molecule is CC(C)(C)NCc1cnc(N2CCOC3CCCC32)nc1. The monoisotopic (exact) mass is 290 g/mol. The van der Waals surface area contributed by atoms with E-state index in [0.29, 0.717) is 12.1 Å². The lowest BCUT2D eigenvalue weighted by Crippen LogP contribution is -2.49. The third-order valence-electron chi connectivity index (χ3n) is 4.25. The molecule has 0 bridgehead atoms. The van der Waals surface area contributed by atoms with E-state index in [9.17, 15) is 0 Å². The normalized spacial score (nSPS) is 26.0. The lowest BCUT2D eigenvalue weighted by molar-refractivity contribution is 0.0250. The van der Waals surface area contributed by atoms with Gasteiger partial charge in [0.2, 0.25) is 5.95 Å². The predicted octanol–water partition coefficient (Wildman–Crippen LogP) is 2.12. The summed E-state index contributed by atoms with van der Waals surface area (Å²) in [4.78, 5) is 11.5. The zero-order valence-corrected chi connectivity index (χ0v) is 13.3. The van der Waals surface area contributed by atoms with E-state index in [1.54, 1.807) is 0 Å². The van der Waals surface area contributed by atoms with Crippen LogP contribution in [0.5, 0.6) is 0 Å². The average Bonchev–Trinajstić information content (AvgIpc) is 2.93. The van der Waals surface area contributed by atoms with Gasteiger partial charge in [-0.25, -0.2) is 9.97 Å². The van der Waals surface area contributed by atoms with Gasteiger partial charge in [0.15, 0.2) is 0 Å². The van der Waals surface area contributed by atoms with Gasteiger partial charge in [-0.2, -0.15) is 0 Å². The topological polar surface area (TPSA) is 50.3 Å². The van der Waals surface area contributed by atoms with Crippen LogP contribution in [-0.4, -0.2) is 40.8 Å². The molecule has 2 atom stereocenters. The molecular formula is C16H26N4O. The zero-order chi connectivity index (χ0) is 14.9. The highest BCUT2D eigenvalue weighted by molar-refractivity contribution is 5.34. The first kappa shape index (κ1) is 14.7. The average molecular weight is 290 g/mol. The number of rotatable bonds is 3.